The van der Waals surface area contributed by atoms with Gasteiger partial charge in [-0.3, -0.25) is 0 Å². The number of halogens is 8. The van der Waals surface area contributed by atoms with E-state index in [0.29, 0.717) is 0 Å². The first-order valence-electron chi connectivity index (χ1n) is 2.48. The van der Waals surface area contributed by atoms with Crippen LogP contribution in [-0.4, -0.2) is 12.3 Å². The van der Waals surface area contributed by atoms with Crippen LogP contribution < -0.4 is 0 Å². The van der Waals surface area contributed by atoms with Crippen molar-refractivity contribution in [3.8, 4) is 0 Å². The Bertz CT molecular complexity index is 142. The summed E-state index contributed by atoms with van der Waals surface area (Å²) < 4.78 is 90.1. The fraction of sp³-hybridized carbons (Fsp3) is 1.00. The van der Waals surface area contributed by atoms with E-state index in [1.165, 1.54) is 0 Å². The molecule has 0 aliphatic carbocycles. The van der Waals surface area contributed by atoms with E-state index in [1.54, 1.807) is 0 Å². The van der Waals surface area contributed by atoms with Gasteiger partial charge in [-0.05, 0) is 0 Å². The predicted molar refractivity (Wildman–Crippen MR) is 32.4 cm³/mol. The van der Waals surface area contributed by atoms with Crippen LogP contribution in [0.2, 0.25) is 0 Å². The van der Waals surface area contributed by atoms with Crippen molar-refractivity contribution in [2.24, 2.45) is 0 Å². The summed E-state index contributed by atoms with van der Waals surface area (Å²) in [5, 5.41) is 0. The maximum absolute atomic E-state index is 11.3. The summed E-state index contributed by atoms with van der Waals surface area (Å²) in [4.78, 5) is 0. The minimum atomic E-state index is -8.20. The summed E-state index contributed by atoms with van der Waals surface area (Å²) in [7, 11) is -16.4. The fourth-order valence-corrected chi connectivity index (χ4v) is 2.72. The molecule has 0 fully saturated rings. The summed E-state index contributed by atoms with van der Waals surface area (Å²) in [5.74, 6) is 0. The van der Waals surface area contributed by atoms with Gasteiger partial charge in [0, 0.05) is 0 Å². The van der Waals surface area contributed by atoms with Crippen LogP contribution in [0.3, 0.4) is 0 Å². The first kappa shape index (κ1) is 12.3. The van der Waals surface area contributed by atoms with E-state index < -0.39 is 28.0 Å². The van der Waals surface area contributed by atoms with E-state index in [4.69, 9.17) is 0 Å². The Labute approximate surface area is 62.7 Å². The van der Waals surface area contributed by atoms with Crippen LogP contribution in [0.1, 0.15) is 0 Å². The molecule has 0 aromatic rings. The zero-order chi connectivity index (χ0) is 10.3. The van der Waals surface area contributed by atoms with Crippen molar-refractivity contribution >= 4 is 15.7 Å². The molecule has 0 atom stereocenters. The average Bonchev–Trinajstić information content (AvgIpc) is 1.53. The molecular formula is C2H4F8P2. The third kappa shape index (κ3) is 10.3. The van der Waals surface area contributed by atoms with E-state index in [-0.39, 0.29) is 0 Å². The van der Waals surface area contributed by atoms with Gasteiger partial charge in [0.25, 0.3) is 0 Å². The molecule has 0 rings (SSSR count). The topological polar surface area (TPSA) is 0 Å². The molecule has 0 aromatic heterocycles. The van der Waals surface area contributed by atoms with E-state index in [1.807, 2.05) is 0 Å². The second-order valence-electron chi connectivity index (χ2n) is 2.17. The monoisotopic (exact) mass is 242 g/mol. The van der Waals surface area contributed by atoms with Crippen molar-refractivity contribution in [3.05, 3.63) is 0 Å². The Hall–Kier alpha value is 0.300. The second-order valence-corrected chi connectivity index (χ2v) is 6.51. The Morgan fingerprint density at radius 3 is 0.750 bits per heavy atom. The van der Waals surface area contributed by atoms with Crippen LogP contribution in [0.15, 0.2) is 0 Å². The summed E-state index contributed by atoms with van der Waals surface area (Å²) in [5.41, 5.74) is 0. The normalized spacial score (nSPS) is 20.7. The zero-order valence-electron chi connectivity index (χ0n) is 5.33. The van der Waals surface area contributed by atoms with Gasteiger partial charge in [0.15, 0.2) is 0 Å². The molecule has 0 bridgehead atoms. The van der Waals surface area contributed by atoms with E-state index in [9.17, 15) is 33.6 Å². The van der Waals surface area contributed by atoms with Crippen molar-refractivity contribution < 1.29 is 33.6 Å². The predicted octanol–water partition coefficient (Wildman–Crippen LogP) is 5.17. The maximum atomic E-state index is 11.3. The third-order valence-electron chi connectivity index (χ3n) is 0.776. The minimum absolute atomic E-state index is 2.70. The van der Waals surface area contributed by atoms with Crippen LogP contribution in [0.4, 0.5) is 33.6 Å². The Kier molecular flexibility index (Phi) is 2.47. The summed E-state index contributed by atoms with van der Waals surface area (Å²) in [6.07, 6.45) is -5.41. The fourth-order valence-electron chi connectivity index (χ4n) is 0.302. The van der Waals surface area contributed by atoms with E-state index >= 15 is 0 Å². The molecule has 12 heavy (non-hydrogen) atoms. The van der Waals surface area contributed by atoms with Gasteiger partial charge in [0.05, 0.1) is 0 Å². The van der Waals surface area contributed by atoms with Crippen LogP contribution in [0, 0.1) is 0 Å². The van der Waals surface area contributed by atoms with Gasteiger partial charge < -0.3 is 0 Å². The molecule has 10 heteroatoms. The molecule has 0 saturated heterocycles. The van der Waals surface area contributed by atoms with Crippen molar-refractivity contribution in [3.63, 3.8) is 0 Å². The van der Waals surface area contributed by atoms with Gasteiger partial charge >= 0.3 is 61.6 Å². The zero-order valence-corrected chi connectivity index (χ0v) is 7.12. The van der Waals surface area contributed by atoms with Gasteiger partial charge in [-0.2, -0.15) is 0 Å². The third-order valence-corrected chi connectivity index (χ3v) is 2.93. The van der Waals surface area contributed by atoms with Crippen LogP contribution in [0.25, 0.3) is 0 Å². The summed E-state index contributed by atoms with van der Waals surface area (Å²) in [6.45, 7) is 0. The Morgan fingerprint density at radius 2 is 0.667 bits per heavy atom. The molecule has 0 aliphatic heterocycles. The molecule has 0 heterocycles. The molecule has 0 nitrogen and oxygen atoms in total. The Balaban J connectivity index is 4.22. The van der Waals surface area contributed by atoms with Crippen LogP contribution >= 0.6 is 15.7 Å². The molecule has 0 N–H and O–H groups in total. The second kappa shape index (κ2) is 2.41. The average molecular weight is 242 g/mol. The molecular weight excluding hydrogens is 238 g/mol. The first-order valence-corrected chi connectivity index (χ1v) is 6.45. The van der Waals surface area contributed by atoms with E-state index in [0.717, 1.165) is 0 Å². The van der Waals surface area contributed by atoms with Crippen molar-refractivity contribution in [1.29, 1.82) is 0 Å². The molecule has 0 amide bonds. The van der Waals surface area contributed by atoms with Crippen molar-refractivity contribution in [1.82, 2.24) is 0 Å². The van der Waals surface area contributed by atoms with Gasteiger partial charge in [0.2, 0.25) is 0 Å². The molecule has 78 valence electrons. The van der Waals surface area contributed by atoms with Crippen molar-refractivity contribution in [2.75, 3.05) is 12.3 Å². The molecule has 0 unspecified atom stereocenters. The quantitative estimate of drug-likeness (QED) is 0.473. The van der Waals surface area contributed by atoms with Crippen LogP contribution in [-0.2, 0) is 0 Å². The SMILES string of the molecule is FP(F)(F)(F)CCP(F)(F)(F)F. The summed E-state index contributed by atoms with van der Waals surface area (Å²) in [6, 6.07) is 0. The molecule has 0 spiro atoms. The Morgan fingerprint density at radius 1 is 0.500 bits per heavy atom. The molecule has 0 aromatic carbocycles. The number of hydrogen-bond donors (Lipinski definition) is 0. The van der Waals surface area contributed by atoms with E-state index in [2.05, 4.69) is 0 Å². The number of hydrogen-bond acceptors (Lipinski definition) is 0. The molecule has 0 aliphatic rings. The van der Waals surface area contributed by atoms with Gasteiger partial charge in [-0.1, -0.05) is 0 Å². The molecule has 0 saturated carbocycles. The molecule has 0 radical (unpaired) electrons. The van der Waals surface area contributed by atoms with Gasteiger partial charge in [-0.25, -0.2) is 0 Å². The number of rotatable bonds is 3. The van der Waals surface area contributed by atoms with Crippen LogP contribution in [0.5, 0.6) is 0 Å². The van der Waals surface area contributed by atoms with Crippen molar-refractivity contribution in [2.45, 2.75) is 0 Å². The van der Waals surface area contributed by atoms with Gasteiger partial charge in [0.1, 0.15) is 0 Å². The standard InChI is InChI=1S/C2H4F8P2/c3-11(4,5,6)1-2-12(7,8,9)10/h1-2H2. The summed E-state index contributed by atoms with van der Waals surface area (Å²) >= 11 is 0. The van der Waals surface area contributed by atoms with Gasteiger partial charge in [-0.15, -0.1) is 0 Å². The first-order chi connectivity index (χ1) is 4.71.